The normalized spacial score (nSPS) is 23.9. The van der Waals surface area contributed by atoms with Gasteiger partial charge < -0.3 is 5.11 Å². The Bertz CT molecular complexity index is 242. The molecule has 0 aromatic heterocycles. The van der Waals surface area contributed by atoms with E-state index in [0.717, 1.165) is 6.08 Å². The van der Waals surface area contributed by atoms with Crippen LogP contribution in [0.3, 0.4) is 0 Å². The molecule has 1 atom stereocenters. The van der Waals surface area contributed by atoms with E-state index in [-0.39, 0.29) is 19.3 Å². The summed E-state index contributed by atoms with van der Waals surface area (Å²) in [7, 11) is 0. The maximum absolute atomic E-state index is 12.1. The van der Waals surface area contributed by atoms with Gasteiger partial charge in [0.2, 0.25) is 0 Å². The molecule has 0 saturated heterocycles. The largest absolute Gasteiger partial charge is 0.481 e. The lowest BCUT2D eigenvalue weighted by Gasteiger charge is -2.19. The molecule has 0 bridgehead atoms. The summed E-state index contributed by atoms with van der Waals surface area (Å²) >= 11 is 0. The topological polar surface area (TPSA) is 37.3 Å². The first-order valence-corrected chi connectivity index (χ1v) is 3.90. The van der Waals surface area contributed by atoms with E-state index in [1.807, 2.05) is 0 Å². The van der Waals surface area contributed by atoms with Gasteiger partial charge in [-0.2, -0.15) is 13.2 Å². The zero-order valence-electron chi connectivity index (χ0n) is 6.77. The Morgan fingerprint density at radius 2 is 2.15 bits per heavy atom. The number of carboxylic acid groups (broad SMARTS) is 1. The van der Waals surface area contributed by atoms with Gasteiger partial charge in [-0.1, -0.05) is 6.08 Å². The molecule has 0 fully saturated rings. The van der Waals surface area contributed by atoms with Gasteiger partial charge in [0.15, 0.2) is 0 Å². The van der Waals surface area contributed by atoms with Gasteiger partial charge in [0, 0.05) is 5.57 Å². The average Bonchev–Trinajstić information content (AvgIpc) is 2.03. The van der Waals surface area contributed by atoms with Crippen molar-refractivity contribution in [1.29, 1.82) is 0 Å². The van der Waals surface area contributed by atoms with Gasteiger partial charge in [-0.3, -0.25) is 4.79 Å². The molecule has 1 aliphatic carbocycles. The third-order valence-corrected chi connectivity index (χ3v) is 2.12. The molecule has 13 heavy (non-hydrogen) atoms. The molecular formula is C8H9F3O2. The van der Waals surface area contributed by atoms with Crippen molar-refractivity contribution in [1.82, 2.24) is 0 Å². The Hall–Kier alpha value is -1.00. The monoisotopic (exact) mass is 194 g/mol. The number of halogens is 3. The van der Waals surface area contributed by atoms with Crippen LogP contribution < -0.4 is 0 Å². The zero-order chi connectivity index (χ0) is 10.1. The highest BCUT2D eigenvalue weighted by molar-refractivity contribution is 5.70. The maximum Gasteiger partial charge on any atom is 0.412 e. The molecule has 0 aromatic carbocycles. The fourth-order valence-corrected chi connectivity index (χ4v) is 1.32. The summed E-state index contributed by atoms with van der Waals surface area (Å²) in [6.45, 7) is 0. The first-order chi connectivity index (χ1) is 5.91. The summed E-state index contributed by atoms with van der Waals surface area (Å²) in [5, 5.41) is 8.52. The summed E-state index contributed by atoms with van der Waals surface area (Å²) in [5.74, 6) is -1.66. The summed E-state index contributed by atoms with van der Waals surface area (Å²) in [5.41, 5.74) is -0.593. The summed E-state index contributed by atoms with van der Waals surface area (Å²) < 4.78 is 36.2. The second-order valence-electron chi connectivity index (χ2n) is 3.04. The molecule has 1 rings (SSSR count). The van der Waals surface area contributed by atoms with Crippen LogP contribution in [0.1, 0.15) is 19.3 Å². The van der Waals surface area contributed by atoms with E-state index in [4.69, 9.17) is 5.11 Å². The number of alkyl halides is 3. The predicted octanol–water partition coefficient (Wildman–Crippen LogP) is 2.36. The minimum atomic E-state index is -4.29. The highest BCUT2D eigenvalue weighted by Crippen LogP contribution is 2.34. The Morgan fingerprint density at radius 1 is 1.54 bits per heavy atom. The van der Waals surface area contributed by atoms with E-state index < -0.39 is 23.6 Å². The molecule has 74 valence electrons. The second kappa shape index (κ2) is 3.40. The van der Waals surface area contributed by atoms with Crippen molar-refractivity contribution in [3.63, 3.8) is 0 Å². The molecular weight excluding hydrogens is 185 g/mol. The number of rotatable bonds is 1. The number of aliphatic carboxylic acids is 1. The van der Waals surface area contributed by atoms with Crippen LogP contribution in [0.4, 0.5) is 13.2 Å². The number of hydrogen-bond donors (Lipinski definition) is 1. The van der Waals surface area contributed by atoms with Crippen molar-refractivity contribution in [2.45, 2.75) is 25.4 Å². The lowest BCUT2D eigenvalue weighted by Crippen LogP contribution is -2.21. The minimum Gasteiger partial charge on any atom is -0.481 e. The standard InChI is InChI=1S/C8H9F3O2/c9-8(10,11)6-3-1-5(2-4-6)7(12)13/h3,5H,1-2,4H2,(H,12,13). The first-order valence-electron chi connectivity index (χ1n) is 3.90. The van der Waals surface area contributed by atoms with Crippen molar-refractivity contribution in [3.05, 3.63) is 11.6 Å². The van der Waals surface area contributed by atoms with Crippen LogP contribution in [0.25, 0.3) is 0 Å². The number of hydrogen-bond acceptors (Lipinski definition) is 1. The van der Waals surface area contributed by atoms with Crippen LogP contribution in [0.15, 0.2) is 11.6 Å². The van der Waals surface area contributed by atoms with Gasteiger partial charge >= 0.3 is 12.1 Å². The summed E-state index contributed by atoms with van der Waals surface area (Å²) in [4.78, 5) is 10.4. The second-order valence-corrected chi connectivity index (χ2v) is 3.04. The molecule has 1 N–H and O–H groups in total. The smallest absolute Gasteiger partial charge is 0.412 e. The molecule has 0 aliphatic heterocycles. The highest BCUT2D eigenvalue weighted by Gasteiger charge is 2.36. The van der Waals surface area contributed by atoms with E-state index in [0.29, 0.717) is 0 Å². The fraction of sp³-hybridized carbons (Fsp3) is 0.625. The summed E-state index contributed by atoms with van der Waals surface area (Å²) in [6.07, 6.45) is -3.41. The van der Waals surface area contributed by atoms with Crippen LogP contribution in [0.2, 0.25) is 0 Å². The predicted molar refractivity (Wildman–Crippen MR) is 39.1 cm³/mol. The van der Waals surface area contributed by atoms with Crippen molar-refractivity contribution < 1.29 is 23.1 Å². The van der Waals surface area contributed by atoms with Gasteiger partial charge in [-0.05, 0) is 19.3 Å². The van der Waals surface area contributed by atoms with Crippen LogP contribution in [-0.2, 0) is 4.79 Å². The quantitative estimate of drug-likeness (QED) is 0.650. The molecule has 2 nitrogen and oxygen atoms in total. The molecule has 0 spiro atoms. The molecule has 1 aliphatic rings. The van der Waals surface area contributed by atoms with Gasteiger partial charge in [-0.15, -0.1) is 0 Å². The molecule has 0 aromatic rings. The van der Waals surface area contributed by atoms with E-state index in [9.17, 15) is 18.0 Å². The Morgan fingerprint density at radius 3 is 2.46 bits per heavy atom. The van der Waals surface area contributed by atoms with Gasteiger partial charge in [0.25, 0.3) is 0 Å². The average molecular weight is 194 g/mol. The molecule has 1 unspecified atom stereocenters. The molecule has 0 amide bonds. The Labute approximate surface area is 73.1 Å². The van der Waals surface area contributed by atoms with Crippen LogP contribution in [-0.4, -0.2) is 17.3 Å². The third kappa shape index (κ3) is 2.47. The Balaban J connectivity index is 2.63. The van der Waals surface area contributed by atoms with E-state index >= 15 is 0 Å². The SMILES string of the molecule is O=C(O)C1CC=C(C(F)(F)F)CC1. The molecule has 0 heterocycles. The fourth-order valence-electron chi connectivity index (χ4n) is 1.32. The van der Waals surface area contributed by atoms with Crippen molar-refractivity contribution in [3.8, 4) is 0 Å². The van der Waals surface area contributed by atoms with Gasteiger partial charge in [0.1, 0.15) is 0 Å². The number of carboxylic acids is 1. The van der Waals surface area contributed by atoms with Crippen molar-refractivity contribution in [2.24, 2.45) is 5.92 Å². The van der Waals surface area contributed by atoms with Crippen LogP contribution in [0.5, 0.6) is 0 Å². The van der Waals surface area contributed by atoms with E-state index in [2.05, 4.69) is 0 Å². The Kier molecular flexibility index (Phi) is 2.63. The number of allylic oxidation sites excluding steroid dienone is 2. The molecule has 0 saturated carbocycles. The van der Waals surface area contributed by atoms with Gasteiger partial charge in [0.05, 0.1) is 5.92 Å². The van der Waals surface area contributed by atoms with Gasteiger partial charge in [-0.25, -0.2) is 0 Å². The molecule has 0 radical (unpaired) electrons. The maximum atomic E-state index is 12.1. The zero-order valence-corrected chi connectivity index (χ0v) is 6.77. The van der Waals surface area contributed by atoms with E-state index in [1.165, 1.54) is 0 Å². The van der Waals surface area contributed by atoms with Crippen LogP contribution in [0, 0.1) is 5.92 Å². The van der Waals surface area contributed by atoms with Crippen molar-refractivity contribution >= 4 is 5.97 Å². The molecule has 5 heteroatoms. The van der Waals surface area contributed by atoms with Crippen molar-refractivity contribution in [2.75, 3.05) is 0 Å². The minimum absolute atomic E-state index is 0.00975. The number of carbonyl (C=O) groups is 1. The first kappa shape index (κ1) is 10.1. The third-order valence-electron chi connectivity index (χ3n) is 2.12. The van der Waals surface area contributed by atoms with Crippen LogP contribution >= 0.6 is 0 Å². The highest BCUT2D eigenvalue weighted by atomic mass is 19.4. The van der Waals surface area contributed by atoms with E-state index in [1.54, 1.807) is 0 Å². The lowest BCUT2D eigenvalue weighted by molar-refractivity contribution is -0.142. The lowest BCUT2D eigenvalue weighted by atomic mass is 9.89. The summed E-state index contributed by atoms with van der Waals surface area (Å²) in [6, 6.07) is 0.